The fourth-order valence-corrected chi connectivity index (χ4v) is 4.11. The Balaban J connectivity index is 1.66. The number of allylic oxidation sites excluding steroid dienone is 1. The van der Waals surface area contributed by atoms with Gasteiger partial charge in [0.25, 0.3) is 11.6 Å². The summed E-state index contributed by atoms with van der Waals surface area (Å²) in [7, 11) is 0. The lowest BCUT2D eigenvalue weighted by atomic mass is 9.82. The van der Waals surface area contributed by atoms with E-state index in [0.29, 0.717) is 13.0 Å². The van der Waals surface area contributed by atoms with Crippen molar-refractivity contribution in [3.05, 3.63) is 86.0 Å². The molecule has 30 heavy (non-hydrogen) atoms. The molecule has 0 unspecified atom stereocenters. The van der Waals surface area contributed by atoms with Crippen LogP contribution in [0.4, 0.5) is 5.69 Å². The summed E-state index contributed by atoms with van der Waals surface area (Å²) in [6.45, 7) is 0.356. The predicted molar refractivity (Wildman–Crippen MR) is 110 cm³/mol. The molecule has 0 atom stereocenters. The highest BCUT2D eigenvalue weighted by Gasteiger charge is 2.38. The van der Waals surface area contributed by atoms with Crippen LogP contribution in [0.1, 0.15) is 74.3 Å². The lowest BCUT2D eigenvalue weighted by Gasteiger charge is -2.18. The van der Waals surface area contributed by atoms with Gasteiger partial charge in [-0.05, 0) is 44.2 Å². The Morgan fingerprint density at radius 3 is 2.40 bits per heavy atom. The maximum absolute atomic E-state index is 13.0. The van der Waals surface area contributed by atoms with E-state index in [9.17, 15) is 24.5 Å². The van der Waals surface area contributed by atoms with Crippen LogP contribution in [0.5, 0.6) is 0 Å². The van der Waals surface area contributed by atoms with Crippen LogP contribution in [-0.2, 0) is 0 Å². The third-order valence-electron chi connectivity index (χ3n) is 5.61. The maximum atomic E-state index is 13.0. The van der Waals surface area contributed by atoms with Gasteiger partial charge in [-0.3, -0.25) is 24.5 Å². The lowest BCUT2D eigenvalue weighted by Crippen LogP contribution is -2.28. The topological polar surface area (TPSA) is 106 Å². The molecule has 7 nitrogen and oxygen atoms in total. The van der Waals surface area contributed by atoms with Gasteiger partial charge < -0.3 is 5.32 Å². The second-order valence-electron chi connectivity index (χ2n) is 7.46. The Morgan fingerprint density at radius 2 is 1.73 bits per heavy atom. The molecular weight excluding hydrogens is 384 g/mol. The molecule has 0 aromatic heterocycles. The molecule has 0 spiro atoms. The zero-order chi connectivity index (χ0) is 21.3. The van der Waals surface area contributed by atoms with E-state index in [0.717, 1.165) is 19.3 Å². The Morgan fingerprint density at radius 1 is 1.00 bits per heavy atom. The Hall–Kier alpha value is -3.61. The molecular formula is C23H20N2O5. The molecule has 0 saturated carbocycles. The Bertz CT molecular complexity index is 1120. The van der Waals surface area contributed by atoms with E-state index in [-0.39, 0.29) is 27.8 Å². The summed E-state index contributed by atoms with van der Waals surface area (Å²) in [6.07, 6.45) is 7.22. The van der Waals surface area contributed by atoms with E-state index in [1.165, 1.54) is 36.3 Å². The first-order valence-electron chi connectivity index (χ1n) is 9.95. The SMILES string of the molecule is O=C1c2ccccc2C(=O)c2c1ccc(C(=O)NCCC1=CCCCC1)c2[N+](=O)[O-]. The zero-order valence-corrected chi connectivity index (χ0v) is 16.3. The standard InChI is InChI=1S/C23H20N2O5/c26-21-15-8-4-5-9-16(15)22(27)19-17(21)10-11-18(20(19)25(29)30)23(28)24-13-12-14-6-2-1-3-7-14/h4-6,8-11H,1-3,7,12-13H2,(H,24,28). The molecule has 0 heterocycles. The van der Waals surface area contributed by atoms with Gasteiger partial charge in [-0.2, -0.15) is 0 Å². The summed E-state index contributed by atoms with van der Waals surface area (Å²) < 4.78 is 0. The molecule has 1 amide bonds. The van der Waals surface area contributed by atoms with E-state index in [1.807, 2.05) is 0 Å². The number of carbonyl (C=O) groups excluding carboxylic acids is 3. The number of benzene rings is 2. The molecule has 2 aromatic rings. The summed E-state index contributed by atoms with van der Waals surface area (Å²) in [4.78, 5) is 49.5. The summed E-state index contributed by atoms with van der Waals surface area (Å²) in [6, 6.07) is 8.80. The monoisotopic (exact) mass is 404 g/mol. The van der Waals surface area contributed by atoms with Crippen molar-refractivity contribution in [2.75, 3.05) is 6.54 Å². The summed E-state index contributed by atoms with van der Waals surface area (Å²) in [5.41, 5.74) is 0.410. The largest absolute Gasteiger partial charge is 0.351 e. The molecule has 4 rings (SSSR count). The number of amides is 1. The molecule has 0 aliphatic heterocycles. The first-order valence-corrected chi connectivity index (χ1v) is 9.95. The van der Waals surface area contributed by atoms with E-state index < -0.39 is 28.1 Å². The van der Waals surface area contributed by atoms with Gasteiger partial charge in [-0.1, -0.05) is 35.9 Å². The Kier molecular flexibility index (Phi) is 5.27. The molecule has 1 N–H and O–H groups in total. The normalized spacial score (nSPS) is 15.1. The smallest absolute Gasteiger partial charge is 0.294 e. The molecule has 0 fully saturated rings. The molecule has 7 heteroatoms. The minimum atomic E-state index is -0.753. The van der Waals surface area contributed by atoms with Crippen molar-refractivity contribution in [2.24, 2.45) is 0 Å². The van der Waals surface area contributed by atoms with Crippen LogP contribution in [0.15, 0.2) is 48.0 Å². The van der Waals surface area contributed by atoms with Crippen molar-refractivity contribution >= 4 is 23.2 Å². The first kappa shape index (κ1) is 19.7. The summed E-state index contributed by atoms with van der Waals surface area (Å²) in [5, 5.41) is 14.5. The number of fused-ring (bicyclic) bond motifs is 2. The Labute approximate surface area is 172 Å². The number of nitro groups is 1. The van der Waals surface area contributed by atoms with Crippen molar-refractivity contribution in [3.8, 4) is 0 Å². The molecule has 2 aliphatic carbocycles. The predicted octanol–water partition coefficient (Wildman–Crippen LogP) is 3.99. The van der Waals surface area contributed by atoms with Crippen LogP contribution in [0.25, 0.3) is 0 Å². The van der Waals surface area contributed by atoms with Crippen LogP contribution in [0.2, 0.25) is 0 Å². The zero-order valence-electron chi connectivity index (χ0n) is 16.3. The quantitative estimate of drug-likeness (QED) is 0.393. The van der Waals surface area contributed by atoms with E-state index in [4.69, 9.17) is 0 Å². The number of carbonyl (C=O) groups is 3. The first-order chi connectivity index (χ1) is 14.5. The molecule has 2 aromatic carbocycles. The van der Waals surface area contributed by atoms with Crippen LogP contribution >= 0.6 is 0 Å². The second-order valence-corrected chi connectivity index (χ2v) is 7.46. The van der Waals surface area contributed by atoms with Crippen LogP contribution in [0.3, 0.4) is 0 Å². The number of rotatable bonds is 5. The van der Waals surface area contributed by atoms with Gasteiger partial charge in [-0.25, -0.2) is 0 Å². The highest BCUT2D eigenvalue weighted by atomic mass is 16.6. The van der Waals surface area contributed by atoms with Crippen molar-refractivity contribution in [2.45, 2.75) is 32.1 Å². The van der Waals surface area contributed by atoms with E-state index in [2.05, 4.69) is 11.4 Å². The molecule has 0 radical (unpaired) electrons. The van der Waals surface area contributed by atoms with Gasteiger partial charge in [-0.15, -0.1) is 0 Å². The van der Waals surface area contributed by atoms with Crippen molar-refractivity contribution < 1.29 is 19.3 Å². The molecule has 0 bridgehead atoms. The maximum Gasteiger partial charge on any atom is 0.294 e. The molecule has 152 valence electrons. The second kappa shape index (κ2) is 8.02. The lowest BCUT2D eigenvalue weighted by molar-refractivity contribution is -0.385. The van der Waals surface area contributed by atoms with Crippen molar-refractivity contribution in [1.29, 1.82) is 0 Å². The van der Waals surface area contributed by atoms with Gasteiger partial charge >= 0.3 is 0 Å². The highest BCUT2D eigenvalue weighted by molar-refractivity contribution is 6.30. The summed E-state index contributed by atoms with van der Waals surface area (Å²) in [5.74, 6) is -1.70. The number of hydrogen-bond donors (Lipinski definition) is 1. The highest BCUT2D eigenvalue weighted by Crippen LogP contribution is 2.35. The summed E-state index contributed by atoms with van der Waals surface area (Å²) >= 11 is 0. The number of nitro benzene ring substituents is 1. The molecule has 0 saturated heterocycles. The minimum absolute atomic E-state index is 0.0469. The fraction of sp³-hybridized carbons (Fsp3) is 0.261. The average Bonchev–Trinajstić information content (AvgIpc) is 2.77. The number of hydrogen-bond acceptors (Lipinski definition) is 5. The van der Waals surface area contributed by atoms with Crippen LogP contribution in [0, 0.1) is 10.1 Å². The van der Waals surface area contributed by atoms with E-state index >= 15 is 0 Å². The fourth-order valence-electron chi connectivity index (χ4n) is 4.11. The van der Waals surface area contributed by atoms with Gasteiger partial charge in [0, 0.05) is 23.2 Å². The van der Waals surface area contributed by atoms with Crippen molar-refractivity contribution in [3.63, 3.8) is 0 Å². The third-order valence-corrected chi connectivity index (χ3v) is 5.61. The van der Waals surface area contributed by atoms with Gasteiger partial charge in [0.2, 0.25) is 5.78 Å². The third kappa shape index (κ3) is 3.43. The molecule has 2 aliphatic rings. The number of ketones is 2. The van der Waals surface area contributed by atoms with Crippen molar-refractivity contribution in [1.82, 2.24) is 5.32 Å². The average molecular weight is 404 g/mol. The van der Waals surface area contributed by atoms with E-state index in [1.54, 1.807) is 12.1 Å². The number of nitrogens with zero attached hydrogens (tertiary/aromatic N) is 1. The minimum Gasteiger partial charge on any atom is -0.351 e. The van der Waals surface area contributed by atoms with Crippen LogP contribution < -0.4 is 5.32 Å². The van der Waals surface area contributed by atoms with Gasteiger partial charge in [0.1, 0.15) is 11.1 Å². The van der Waals surface area contributed by atoms with Crippen LogP contribution in [-0.4, -0.2) is 28.9 Å². The van der Waals surface area contributed by atoms with Gasteiger partial charge in [0.15, 0.2) is 5.78 Å². The number of nitrogens with one attached hydrogen (secondary N) is 1. The van der Waals surface area contributed by atoms with Gasteiger partial charge in [0.05, 0.1) is 4.92 Å².